The van der Waals surface area contributed by atoms with E-state index in [0.717, 1.165) is 5.56 Å². The Bertz CT molecular complexity index is 951. The summed E-state index contributed by atoms with van der Waals surface area (Å²) in [7, 11) is 1.63. The third-order valence-electron chi connectivity index (χ3n) is 5.36. The van der Waals surface area contributed by atoms with Gasteiger partial charge in [-0.05, 0) is 46.8 Å². The minimum atomic E-state index is -0.291. The largest absolute Gasteiger partial charge is 0.459 e. The molecule has 30 heavy (non-hydrogen) atoms. The van der Waals surface area contributed by atoms with E-state index in [1.807, 2.05) is 0 Å². The van der Waals surface area contributed by atoms with Crippen molar-refractivity contribution >= 4 is 5.91 Å². The van der Waals surface area contributed by atoms with E-state index in [1.54, 1.807) is 41.0 Å². The normalized spacial score (nSPS) is 16.0. The zero-order valence-corrected chi connectivity index (χ0v) is 16.7. The molecule has 1 atom stereocenters. The topological polar surface area (TPSA) is 90.7 Å². The minimum absolute atomic E-state index is 0.109. The predicted octanol–water partition coefficient (Wildman–Crippen LogP) is 0.182. The van der Waals surface area contributed by atoms with Gasteiger partial charge in [-0.25, -0.2) is 9.07 Å². The molecule has 0 aliphatic carbocycles. The van der Waals surface area contributed by atoms with Crippen molar-refractivity contribution in [2.24, 2.45) is 0 Å². The number of ether oxygens (including phenoxy) is 1. The number of piperazine rings is 1. The number of nitrogens with zero attached hydrogens (tertiary/aromatic N) is 5. The van der Waals surface area contributed by atoms with Gasteiger partial charge in [0.2, 0.25) is 5.82 Å². The fourth-order valence-electron chi connectivity index (χ4n) is 3.82. The summed E-state index contributed by atoms with van der Waals surface area (Å²) in [5.41, 5.74) is 0.922. The number of methoxy groups -OCH3 is 1. The summed E-state index contributed by atoms with van der Waals surface area (Å²) in [6.45, 7) is 3.55. The number of carbonyl (C=O) groups is 1. The van der Waals surface area contributed by atoms with E-state index in [2.05, 4.69) is 15.5 Å². The molecule has 1 aromatic carbocycles. The number of quaternary nitrogens is 1. The third-order valence-corrected chi connectivity index (χ3v) is 5.36. The zero-order valence-electron chi connectivity index (χ0n) is 16.7. The Morgan fingerprint density at radius 2 is 2.03 bits per heavy atom. The number of carbonyl (C=O) groups excluding carboxylic acids is 1. The zero-order chi connectivity index (χ0) is 20.9. The highest BCUT2D eigenvalue weighted by Crippen LogP contribution is 2.18. The second kappa shape index (κ2) is 9.14. The second-order valence-electron chi connectivity index (χ2n) is 7.17. The number of benzene rings is 1. The number of halogens is 1. The second-order valence-corrected chi connectivity index (χ2v) is 7.17. The first kappa shape index (κ1) is 20.2. The molecule has 10 heteroatoms. The Morgan fingerprint density at radius 3 is 2.70 bits per heavy atom. The lowest BCUT2D eigenvalue weighted by molar-refractivity contribution is -0.930. The van der Waals surface area contributed by atoms with E-state index in [1.165, 1.54) is 23.3 Å². The summed E-state index contributed by atoms with van der Waals surface area (Å²) >= 11 is 0. The highest BCUT2D eigenvalue weighted by atomic mass is 19.1. The maximum absolute atomic E-state index is 13.5. The smallest absolute Gasteiger partial charge is 0.289 e. The number of aromatic nitrogens is 4. The van der Waals surface area contributed by atoms with Crippen LogP contribution < -0.4 is 4.90 Å². The molecule has 0 bridgehead atoms. The van der Waals surface area contributed by atoms with E-state index in [0.29, 0.717) is 50.9 Å². The summed E-state index contributed by atoms with van der Waals surface area (Å²) in [4.78, 5) is 15.6. The Hall–Kier alpha value is -3.11. The molecule has 1 saturated heterocycles. The van der Waals surface area contributed by atoms with Crippen LogP contribution in [0.3, 0.4) is 0 Å². The number of tetrazole rings is 1. The maximum atomic E-state index is 13.5. The number of hydrogen-bond acceptors (Lipinski definition) is 6. The van der Waals surface area contributed by atoms with Crippen molar-refractivity contribution in [2.45, 2.75) is 12.6 Å². The molecule has 1 aliphatic heterocycles. The summed E-state index contributed by atoms with van der Waals surface area (Å²) < 4.78 is 25.7. The number of amides is 1. The van der Waals surface area contributed by atoms with Crippen molar-refractivity contribution in [3.63, 3.8) is 0 Å². The van der Waals surface area contributed by atoms with Crippen LogP contribution in [0.2, 0.25) is 0 Å². The highest BCUT2D eigenvalue weighted by molar-refractivity contribution is 5.91. The average Bonchev–Trinajstić information content (AvgIpc) is 3.46. The number of rotatable bonds is 7. The SMILES string of the molecule is COCCn1nnnc1[C@@H](c1ccc(F)cc1)[NH+]1CCN(C(=O)c2ccco2)CC1. The molecular weight excluding hydrogens is 391 g/mol. The van der Waals surface area contributed by atoms with Crippen molar-refractivity contribution in [3.05, 3.63) is 65.6 Å². The van der Waals surface area contributed by atoms with Gasteiger partial charge in [0.15, 0.2) is 11.8 Å². The Balaban J connectivity index is 1.56. The predicted molar refractivity (Wildman–Crippen MR) is 103 cm³/mol. The van der Waals surface area contributed by atoms with Crippen LogP contribution in [0.1, 0.15) is 28.0 Å². The van der Waals surface area contributed by atoms with Gasteiger partial charge in [0, 0.05) is 12.7 Å². The lowest BCUT2D eigenvalue weighted by Crippen LogP contribution is -3.15. The van der Waals surface area contributed by atoms with Gasteiger partial charge in [0.1, 0.15) is 5.82 Å². The van der Waals surface area contributed by atoms with Gasteiger partial charge in [-0.15, -0.1) is 5.10 Å². The molecule has 0 saturated carbocycles. The molecule has 3 heterocycles. The Labute approximate surface area is 173 Å². The standard InChI is InChI=1S/C20H23FN6O3/c1-29-14-12-27-19(22-23-24-27)18(15-4-6-16(21)7-5-15)25-8-10-26(11-9-25)20(28)17-3-2-13-30-17/h2-7,13,18H,8-12,14H2,1H3/p+1/t18-/m1/s1. The average molecular weight is 415 g/mol. The van der Waals surface area contributed by atoms with Gasteiger partial charge in [0.05, 0.1) is 45.6 Å². The van der Waals surface area contributed by atoms with E-state index < -0.39 is 0 Å². The number of furan rings is 1. The Morgan fingerprint density at radius 1 is 1.27 bits per heavy atom. The summed E-state index contributed by atoms with van der Waals surface area (Å²) in [6.07, 6.45) is 1.50. The van der Waals surface area contributed by atoms with Crippen molar-refractivity contribution in [1.82, 2.24) is 25.1 Å². The van der Waals surface area contributed by atoms with E-state index in [-0.39, 0.29) is 17.8 Å². The van der Waals surface area contributed by atoms with Gasteiger partial charge >= 0.3 is 0 Å². The van der Waals surface area contributed by atoms with Crippen molar-refractivity contribution in [1.29, 1.82) is 0 Å². The van der Waals surface area contributed by atoms with Crippen molar-refractivity contribution in [2.75, 3.05) is 39.9 Å². The monoisotopic (exact) mass is 415 g/mol. The van der Waals surface area contributed by atoms with Crippen LogP contribution in [-0.2, 0) is 11.3 Å². The quantitative estimate of drug-likeness (QED) is 0.592. The summed E-state index contributed by atoms with van der Waals surface area (Å²) in [5.74, 6) is 0.638. The first-order chi connectivity index (χ1) is 14.7. The van der Waals surface area contributed by atoms with Crippen LogP contribution in [-0.4, -0.2) is 70.9 Å². The first-order valence-corrected chi connectivity index (χ1v) is 9.85. The first-order valence-electron chi connectivity index (χ1n) is 9.85. The van der Waals surface area contributed by atoms with Gasteiger partial charge in [-0.2, -0.15) is 0 Å². The van der Waals surface area contributed by atoms with Crippen LogP contribution in [0.5, 0.6) is 0 Å². The maximum Gasteiger partial charge on any atom is 0.289 e. The summed E-state index contributed by atoms with van der Waals surface area (Å²) in [5, 5.41) is 12.2. The molecule has 1 N–H and O–H groups in total. The van der Waals surface area contributed by atoms with E-state index in [9.17, 15) is 9.18 Å². The molecule has 1 amide bonds. The molecule has 0 spiro atoms. The van der Waals surface area contributed by atoms with Crippen LogP contribution in [0.4, 0.5) is 4.39 Å². The highest BCUT2D eigenvalue weighted by Gasteiger charge is 2.35. The lowest BCUT2D eigenvalue weighted by atomic mass is 10.0. The van der Waals surface area contributed by atoms with Gasteiger partial charge in [0.25, 0.3) is 5.91 Å². The minimum Gasteiger partial charge on any atom is -0.459 e. The molecule has 3 aromatic rings. The van der Waals surface area contributed by atoms with E-state index >= 15 is 0 Å². The van der Waals surface area contributed by atoms with Crippen LogP contribution in [0, 0.1) is 5.82 Å². The number of hydrogen-bond donors (Lipinski definition) is 1. The molecule has 4 rings (SSSR count). The van der Waals surface area contributed by atoms with Gasteiger partial charge < -0.3 is 19.0 Å². The van der Waals surface area contributed by atoms with Crippen LogP contribution in [0.25, 0.3) is 0 Å². The van der Waals surface area contributed by atoms with Crippen molar-refractivity contribution in [3.8, 4) is 0 Å². The van der Waals surface area contributed by atoms with E-state index in [4.69, 9.17) is 9.15 Å². The molecule has 1 fully saturated rings. The molecule has 9 nitrogen and oxygen atoms in total. The molecule has 0 unspecified atom stereocenters. The third kappa shape index (κ3) is 4.24. The lowest BCUT2D eigenvalue weighted by Gasteiger charge is -2.35. The number of nitrogens with one attached hydrogen (secondary N) is 1. The molecule has 158 valence electrons. The van der Waals surface area contributed by atoms with Gasteiger partial charge in [-0.1, -0.05) is 0 Å². The fraction of sp³-hybridized carbons (Fsp3) is 0.400. The molecule has 2 aromatic heterocycles. The van der Waals surface area contributed by atoms with Crippen LogP contribution >= 0.6 is 0 Å². The molecule has 0 radical (unpaired) electrons. The molecular formula is C20H24FN6O3+. The Kier molecular flexibility index (Phi) is 6.15. The van der Waals surface area contributed by atoms with Gasteiger partial charge in [-0.3, -0.25) is 4.79 Å². The van der Waals surface area contributed by atoms with Crippen molar-refractivity contribution < 1.29 is 23.2 Å². The molecule has 1 aliphatic rings. The summed E-state index contributed by atoms with van der Waals surface area (Å²) in [6, 6.07) is 9.62. The van der Waals surface area contributed by atoms with Crippen LogP contribution in [0.15, 0.2) is 47.1 Å². The fourth-order valence-corrected chi connectivity index (χ4v) is 3.82.